The zero-order valence-electron chi connectivity index (χ0n) is 11.6. The van der Waals surface area contributed by atoms with E-state index >= 15 is 0 Å². The minimum Gasteiger partial charge on any atom is -0.315 e. The van der Waals surface area contributed by atoms with Gasteiger partial charge in [-0.1, -0.05) is 41.7 Å². The summed E-state index contributed by atoms with van der Waals surface area (Å²) in [6.45, 7) is 5.95. The standard InChI is InChI=1S/C15H19N3OS/c1-15(12-5-3-2-4-6-12)11-18(8-7-16-15)9-13-10-20-14(19)17-13/h2-6,10,16H,7-9,11H2,1H3,(H,17,19). The minimum absolute atomic E-state index is 0.0287. The summed E-state index contributed by atoms with van der Waals surface area (Å²) in [6.07, 6.45) is 0. The molecule has 1 aromatic carbocycles. The number of rotatable bonds is 3. The Hall–Kier alpha value is -1.43. The molecular weight excluding hydrogens is 270 g/mol. The van der Waals surface area contributed by atoms with E-state index < -0.39 is 0 Å². The van der Waals surface area contributed by atoms with Crippen LogP contribution in [0.2, 0.25) is 0 Å². The second kappa shape index (κ2) is 5.52. The van der Waals surface area contributed by atoms with Gasteiger partial charge in [-0.05, 0) is 12.5 Å². The summed E-state index contributed by atoms with van der Waals surface area (Å²) in [6, 6.07) is 10.5. The van der Waals surface area contributed by atoms with Gasteiger partial charge in [-0.25, -0.2) is 0 Å². The summed E-state index contributed by atoms with van der Waals surface area (Å²) >= 11 is 1.24. The average molecular weight is 289 g/mol. The first-order valence-electron chi connectivity index (χ1n) is 6.85. The van der Waals surface area contributed by atoms with Crippen LogP contribution in [0.3, 0.4) is 0 Å². The molecule has 1 aliphatic rings. The number of aromatic nitrogens is 1. The van der Waals surface area contributed by atoms with E-state index in [0.29, 0.717) is 0 Å². The van der Waals surface area contributed by atoms with Crippen LogP contribution >= 0.6 is 11.3 Å². The zero-order chi connectivity index (χ0) is 14.0. The highest BCUT2D eigenvalue weighted by Gasteiger charge is 2.32. The Labute approximate surface area is 122 Å². The van der Waals surface area contributed by atoms with Crippen molar-refractivity contribution in [2.45, 2.75) is 19.0 Å². The van der Waals surface area contributed by atoms with Crippen LogP contribution in [0.25, 0.3) is 0 Å². The third kappa shape index (κ3) is 2.85. The third-order valence-electron chi connectivity index (χ3n) is 3.86. The van der Waals surface area contributed by atoms with Crippen LogP contribution in [0.4, 0.5) is 0 Å². The highest BCUT2D eigenvalue weighted by Crippen LogP contribution is 2.24. The summed E-state index contributed by atoms with van der Waals surface area (Å²) in [5.41, 5.74) is 2.29. The maximum Gasteiger partial charge on any atom is 0.304 e. The van der Waals surface area contributed by atoms with E-state index in [1.165, 1.54) is 16.9 Å². The molecule has 1 atom stereocenters. The van der Waals surface area contributed by atoms with Gasteiger partial charge in [0.15, 0.2) is 0 Å². The Morgan fingerprint density at radius 1 is 1.35 bits per heavy atom. The van der Waals surface area contributed by atoms with Crippen LogP contribution in [-0.4, -0.2) is 29.5 Å². The van der Waals surface area contributed by atoms with Crippen LogP contribution in [-0.2, 0) is 12.1 Å². The quantitative estimate of drug-likeness (QED) is 0.905. The molecule has 1 aliphatic heterocycles. The molecule has 2 aromatic rings. The lowest BCUT2D eigenvalue weighted by molar-refractivity contribution is 0.135. The van der Waals surface area contributed by atoms with Crippen molar-refractivity contribution in [3.05, 3.63) is 56.6 Å². The van der Waals surface area contributed by atoms with Crippen molar-refractivity contribution < 1.29 is 0 Å². The highest BCUT2D eigenvalue weighted by molar-refractivity contribution is 7.07. The predicted molar refractivity (Wildman–Crippen MR) is 82.0 cm³/mol. The summed E-state index contributed by atoms with van der Waals surface area (Å²) in [4.78, 5) is 16.5. The van der Waals surface area contributed by atoms with Gasteiger partial charge >= 0.3 is 4.87 Å². The van der Waals surface area contributed by atoms with Gasteiger partial charge in [0.05, 0.1) is 5.54 Å². The molecule has 0 amide bonds. The summed E-state index contributed by atoms with van der Waals surface area (Å²) in [5.74, 6) is 0. The number of nitrogens with zero attached hydrogens (tertiary/aromatic N) is 1. The molecule has 1 fully saturated rings. The number of nitrogens with one attached hydrogen (secondary N) is 2. The lowest BCUT2D eigenvalue weighted by Gasteiger charge is -2.41. The van der Waals surface area contributed by atoms with Gasteiger partial charge in [0.25, 0.3) is 0 Å². The zero-order valence-corrected chi connectivity index (χ0v) is 12.4. The maximum atomic E-state index is 11.2. The molecule has 0 saturated carbocycles. The molecule has 4 nitrogen and oxygen atoms in total. The van der Waals surface area contributed by atoms with Crippen LogP contribution < -0.4 is 10.2 Å². The molecule has 1 saturated heterocycles. The van der Waals surface area contributed by atoms with Crippen molar-refractivity contribution in [3.8, 4) is 0 Å². The first-order chi connectivity index (χ1) is 9.66. The molecule has 106 valence electrons. The lowest BCUT2D eigenvalue weighted by atomic mass is 9.89. The largest absolute Gasteiger partial charge is 0.315 e. The van der Waals surface area contributed by atoms with Crippen molar-refractivity contribution in [1.29, 1.82) is 0 Å². The molecule has 1 aromatic heterocycles. The van der Waals surface area contributed by atoms with Gasteiger partial charge in [0.2, 0.25) is 0 Å². The van der Waals surface area contributed by atoms with E-state index in [9.17, 15) is 4.79 Å². The first kappa shape index (κ1) is 13.5. The Morgan fingerprint density at radius 3 is 2.85 bits per heavy atom. The second-order valence-corrected chi connectivity index (χ2v) is 6.35. The van der Waals surface area contributed by atoms with E-state index in [2.05, 4.69) is 46.4 Å². The summed E-state index contributed by atoms with van der Waals surface area (Å²) in [7, 11) is 0. The SMILES string of the molecule is CC1(c2ccccc2)CN(Cc2csc(=O)[nH]2)CCN1. The molecule has 0 spiro atoms. The highest BCUT2D eigenvalue weighted by atomic mass is 32.1. The van der Waals surface area contributed by atoms with E-state index in [0.717, 1.165) is 31.9 Å². The first-order valence-corrected chi connectivity index (χ1v) is 7.73. The molecule has 0 radical (unpaired) electrons. The predicted octanol–water partition coefficient (Wildman–Crippen LogP) is 1.76. The molecule has 0 aliphatic carbocycles. The van der Waals surface area contributed by atoms with Gasteiger partial charge in [0.1, 0.15) is 0 Å². The number of aromatic amines is 1. The maximum absolute atomic E-state index is 11.2. The van der Waals surface area contributed by atoms with Crippen molar-refractivity contribution >= 4 is 11.3 Å². The number of hydrogen-bond donors (Lipinski definition) is 2. The summed E-state index contributed by atoms with van der Waals surface area (Å²) < 4.78 is 0. The van der Waals surface area contributed by atoms with Crippen molar-refractivity contribution in [2.24, 2.45) is 0 Å². The molecule has 0 bridgehead atoms. The average Bonchev–Trinajstić information content (AvgIpc) is 2.85. The fraction of sp³-hybridized carbons (Fsp3) is 0.400. The Morgan fingerprint density at radius 2 is 2.15 bits per heavy atom. The van der Waals surface area contributed by atoms with Crippen LogP contribution in [0.1, 0.15) is 18.2 Å². The number of benzene rings is 1. The van der Waals surface area contributed by atoms with Gasteiger partial charge in [-0.3, -0.25) is 9.69 Å². The minimum atomic E-state index is -0.0319. The number of piperazine rings is 1. The van der Waals surface area contributed by atoms with Gasteiger partial charge in [-0.2, -0.15) is 0 Å². The van der Waals surface area contributed by atoms with Crippen LogP contribution in [0.15, 0.2) is 40.5 Å². The molecule has 5 heteroatoms. The molecule has 2 N–H and O–H groups in total. The molecule has 20 heavy (non-hydrogen) atoms. The fourth-order valence-electron chi connectivity index (χ4n) is 2.84. The Bertz CT molecular complexity index is 621. The van der Waals surface area contributed by atoms with E-state index in [-0.39, 0.29) is 10.4 Å². The Kier molecular flexibility index (Phi) is 3.74. The van der Waals surface area contributed by atoms with Crippen LogP contribution in [0.5, 0.6) is 0 Å². The normalized spacial score (nSPS) is 23.9. The lowest BCUT2D eigenvalue weighted by Crippen LogP contribution is -2.56. The molecular formula is C15H19N3OS. The van der Waals surface area contributed by atoms with Gasteiger partial charge in [-0.15, -0.1) is 0 Å². The van der Waals surface area contributed by atoms with Crippen molar-refractivity contribution in [2.75, 3.05) is 19.6 Å². The second-order valence-electron chi connectivity index (χ2n) is 5.51. The van der Waals surface area contributed by atoms with Gasteiger partial charge < -0.3 is 10.3 Å². The monoisotopic (exact) mass is 289 g/mol. The van der Waals surface area contributed by atoms with Gasteiger partial charge in [0, 0.05) is 37.3 Å². The number of H-pyrrole nitrogens is 1. The molecule has 1 unspecified atom stereocenters. The van der Waals surface area contributed by atoms with E-state index in [1.54, 1.807) is 0 Å². The molecule has 3 rings (SSSR count). The summed E-state index contributed by atoms with van der Waals surface area (Å²) in [5, 5.41) is 5.54. The number of hydrogen-bond acceptors (Lipinski definition) is 4. The topological polar surface area (TPSA) is 48.1 Å². The van der Waals surface area contributed by atoms with Crippen molar-refractivity contribution in [3.63, 3.8) is 0 Å². The Balaban J connectivity index is 1.74. The molecule has 2 heterocycles. The van der Waals surface area contributed by atoms with Crippen molar-refractivity contribution in [1.82, 2.24) is 15.2 Å². The number of thiazole rings is 1. The van der Waals surface area contributed by atoms with E-state index in [4.69, 9.17) is 0 Å². The smallest absolute Gasteiger partial charge is 0.304 e. The third-order valence-corrected chi connectivity index (χ3v) is 4.58. The fourth-order valence-corrected chi connectivity index (χ4v) is 3.41. The van der Waals surface area contributed by atoms with Crippen LogP contribution in [0, 0.1) is 0 Å². The van der Waals surface area contributed by atoms with E-state index in [1.807, 2.05) is 11.4 Å².